The molecule has 1 saturated heterocycles. The van der Waals surface area contributed by atoms with E-state index in [1.165, 1.54) is 30.4 Å². The minimum absolute atomic E-state index is 0.553. The van der Waals surface area contributed by atoms with Gasteiger partial charge in [0.25, 0.3) is 0 Å². The van der Waals surface area contributed by atoms with Crippen LogP contribution < -0.4 is 5.32 Å². The van der Waals surface area contributed by atoms with E-state index in [4.69, 9.17) is 0 Å². The van der Waals surface area contributed by atoms with E-state index in [1.54, 1.807) is 0 Å². The maximum Gasteiger partial charge on any atom is 0.0568 e. The smallest absolute Gasteiger partial charge is 0.0568 e. The molecule has 0 radical (unpaired) electrons. The summed E-state index contributed by atoms with van der Waals surface area (Å²) in [6, 6.07) is 11.0. The van der Waals surface area contributed by atoms with Crippen LogP contribution in [0.25, 0.3) is 11.1 Å². The Morgan fingerprint density at radius 1 is 1.06 bits per heavy atom. The van der Waals surface area contributed by atoms with Crippen LogP contribution in [0.1, 0.15) is 25.3 Å². The van der Waals surface area contributed by atoms with E-state index in [-0.39, 0.29) is 0 Å². The molecule has 0 amide bonds. The first kappa shape index (κ1) is 11.5. The molecule has 0 spiro atoms. The number of aromatic nitrogens is 2. The third-order valence-electron chi connectivity index (χ3n) is 3.63. The van der Waals surface area contributed by atoms with Crippen LogP contribution in [0.15, 0.2) is 42.7 Å². The van der Waals surface area contributed by atoms with Crippen LogP contribution in [0.3, 0.4) is 0 Å². The lowest BCUT2D eigenvalue weighted by Gasteiger charge is -2.13. The predicted octanol–water partition coefficient (Wildman–Crippen LogP) is 2.86. The third-order valence-corrected chi connectivity index (χ3v) is 3.63. The highest BCUT2D eigenvalue weighted by atomic mass is 15.3. The molecule has 0 bridgehead atoms. The lowest BCUT2D eigenvalue weighted by Crippen LogP contribution is -2.15. The second-order valence-electron chi connectivity index (χ2n) is 4.91. The molecule has 94 valence electrons. The fraction of sp³-hybridized carbons (Fsp3) is 0.400. The van der Waals surface area contributed by atoms with Crippen molar-refractivity contribution < 1.29 is 0 Å². The zero-order valence-corrected chi connectivity index (χ0v) is 10.5. The van der Waals surface area contributed by atoms with Gasteiger partial charge in [-0.05, 0) is 37.9 Å². The molecule has 1 aromatic carbocycles. The van der Waals surface area contributed by atoms with Crippen molar-refractivity contribution in [2.75, 3.05) is 13.1 Å². The number of nitrogens with zero attached hydrogens (tertiary/aromatic N) is 2. The van der Waals surface area contributed by atoms with E-state index >= 15 is 0 Å². The van der Waals surface area contributed by atoms with Crippen molar-refractivity contribution in [1.29, 1.82) is 0 Å². The van der Waals surface area contributed by atoms with Gasteiger partial charge in [0.15, 0.2) is 0 Å². The van der Waals surface area contributed by atoms with E-state index in [1.807, 2.05) is 12.3 Å². The summed E-state index contributed by atoms with van der Waals surface area (Å²) in [5.74, 6) is 0. The van der Waals surface area contributed by atoms with Crippen molar-refractivity contribution >= 4 is 0 Å². The molecule has 2 heterocycles. The number of nitrogens with one attached hydrogen (secondary N) is 1. The van der Waals surface area contributed by atoms with Crippen molar-refractivity contribution in [1.82, 2.24) is 15.1 Å². The lowest BCUT2D eigenvalue weighted by atomic mass is 10.1. The standard InChI is InChI=1S/C15H19N3/c1-2-5-13(6-3-1)14-11-17-18(12-14)15-7-4-9-16-10-8-15/h1-3,5-6,11-12,15-16H,4,7-10H2. The molecule has 1 aliphatic rings. The van der Waals surface area contributed by atoms with Crippen LogP contribution >= 0.6 is 0 Å². The highest BCUT2D eigenvalue weighted by Crippen LogP contribution is 2.23. The van der Waals surface area contributed by atoms with Gasteiger partial charge in [0.2, 0.25) is 0 Å². The average molecular weight is 241 g/mol. The van der Waals surface area contributed by atoms with Crippen molar-refractivity contribution in [3.05, 3.63) is 42.7 Å². The summed E-state index contributed by atoms with van der Waals surface area (Å²) in [4.78, 5) is 0. The van der Waals surface area contributed by atoms with Crippen molar-refractivity contribution in [3.63, 3.8) is 0 Å². The summed E-state index contributed by atoms with van der Waals surface area (Å²) < 4.78 is 2.15. The Kier molecular flexibility index (Phi) is 3.42. The van der Waals surface area contributed by atoms with Gasteiger partial charge in [-0.15, -0.1) is 0 Å². The zero-order chi connectivity index (χ0) is 12.2. The summed E-state index contributed by atoms with van der Waals surface area (Å²) in [5.41, 5.74) is 2.46. The van der Waals surface area contributed by atoms with E-state index in [0.717, 1.165) is 13.1 Å². The molecule has 1 N–H and O–H groups in total. The van der Waals surface area contributed by atoms with Gasteiger partial charge in [-0.2, -0.15) is 5.10 Å². The Morgan fingerprint density at radius 2 is 1.94 bits per heavy atom. The SMILES string of the molecule is c1ccc(-c2cnn(C3CCCNCC3)c2)cc1. The second kappa shape index (κ2) is 5.36. The lowest BCUT2D eigenvalue weighted by molar-refractivity contribution is 0.414. The number of hydrogen-bond acceptors (Lipinski definition) is 2. The van der Waals surface area contributed by atoms with Gasteiger partial charge in [-0.25, -0.2) is 0 Å². The molecule has 2 aromatic rings. The van der Waals surface area contributed by atoms with Gasteiger partial charge < -0.3 is 5.32 Å². The number of rotatable bonds is 2. The van der Waals surface area contributed by atoms with Gasteiger partial charge in [0, 0.05) is 11.8 Å². The molecular weight excluding hydrogens is 222 g/mol. The largest absolute Gasteiger partial charge is 0.317 e. The molecule has 1 unspecified atom stereocenters. The van der Waals surface area contributed by atoms with E-state index in [0.29, 0.717) is 6.04 Å². The summed E-state index contributed by atoms with van der Waals surface area (Å²) in [6.45, 7) is 2.24. The highest BCUT2D eigenvalue weighted by molar-refractivity contribution is 5.61. The van der Waals surface area contributed by atoms with Gasteiger partial charge in [0.05, 0.1) is 12.2 Å². The quantitative estimate of drug-likeness (QED) is 0.876. The predicted molar refractivity (Wildman–Crippen MR) is 73.4 cm³/mol. The molecule has 1 aliphatic heterocycles. The van der Waals surface area contributed by atoms with Crippen LogP contribution in [-0.4, -0.2) is 22.9 Å². The maximum atomic E-state index is 4.55. The summed E-state index contributed by atoms with van der Waals surface area (Å²) >= 11 is 0. The molecule has 1 atom stereocenters. The average Bonchev–Trinajstić information content (AvgIpc) is 2.76. The van der Waals surface area contributed by atoms with Crippen LogP contribution in [0, 0.1) is 0 Å². The maximum absolute atomic E-state index is 4.55. The molecule has 1 aromatic heterocycles. The molecule has 3 nitrogen and oxygen atoms in total. The summed E-state index contributed by atoms with van der Waals surface area (Å²) in [5, 5.41) is 7.99. The van der Waals surface area contributed by atoms with Crippen LogP contribution in [0.5, 0.6) is 0 Å². The molecule has 18 heavy (non-hydrogen) atoms. The molecule has 0 aliphatic carbocycles. The third kappa shape index (κ3) is 2.46. The number of hydrogen-bond donors (Lipinski definition) is 1. The topological polar surface area (TPSA) is 29.9 Å². The first-order valence-corrected chi connectivity index (χ1v) is 6.74. The Hall–Kier alpha value is -1.61. The molecule has 1 fully saturated rings. The van der Waals surface area contributed by atoms with Gasteiger partial charge in [-0.3, -0.25) is 4.68 Å². The monoisotopic (exact) mass is 241 g/mol. The van der Waals surface area contributed by atoms with Gasteiger partial charge in [-0.1, -0.05) is 30.3 Å². The minimum Gasteiger partial charge on any atom is -0.317 e. The molecule has 3 rings (SSSR count). The van der Waals surface area contributed by atoms with Crippen LogP contribution in [0.2, 0.25) is 0 Å². The van der Waals surface area contributed by atoms with Crippen molar-refractivity contribution in [2.45, 2.75) is 25.3 Å². The van der Waals surface area contributed by atoms with Crippen LogP contribution in [-0.2, 0) is 0 Å². The normalized spacial score (nSPS) is 20.6. The zero-order valence-electron chi connectivity index (χ0n) is 10.5. The fourth-order valence-electron chi connectivity index (χ4n) is 2.58. The highest BCUT2D eigenvalue weighted by Gasteiger charge is 2.14. The van der Waals surface area contributed by atoms with Crippen molar-refractivity contribution in [3.8, 4) is 11.1 Å². The van der Waals surface area contributed by atoms with Gasteiger partial charge >= 0.3 is 0 Å². The summed E-state index contributed by atoms with van der Waals surface area (Å²) in [6.07, 6.45) is 7.81. The Balaban J connectivity index is 1.80. The Morgan fingerprint density at radius 3 is 2.83 bits per heavy atom. The number of benzene rings is 1. The van der Waals surface area contributed by atoms with E-state index < -0.39 is 0 Å². The minimum atomic E-state index is 0.553. The molecular formula is C15H19N3. The fourth-order valence-corrected chi connectivity index (χ4v) is 2.58. The first-order chi connectivity index (χ1) is 8.93. The second-order valence-corrected chi connectivity index (χ2v) is 4.91. The molecule has 0 saturated carbocycles. The van der Waals surface area contributed by atoms with Crippen LogP contribution in [0.4, 0.5) is 0 Å². The molecule has 3 heteroatoms. The van der Waals surface area contributed by atoms with Crippen molar-refractivity contribution in [2.24, 2.45) is 0 Å². The Bertz CT molecular complexity index is 481. The Labute approximate surface area is 108 Å². The van der Waals surface area contributed by atoms with E-state index in [9.17, 15) is 0 Å². The summed E-state index contributed by atoms with van der Waals surface area (Å²) in [7, 11) is 0. The first-order valence-electron chi connectivity index (χ1n) is 6.74. The van der Waals surface area contributed by atoms with E-state index in [2.05, 4.69) is 45.6 Å². The van der Waals surface area contributed by atoms with Gasteiger partial charge in [0.1, 0.15) is 0 Å².